The summed E-state index contributed by atoms with van der Waals surface area (Å²) in [6.07, 6.45) is 9.97. The molecule has 19 heavy (non-hydrogen) atoms. The highest BCUT2D eigenvalue weighted by molar-refractivity contribution is 6.35. The number of methoxy groups -OCH3 is 1. The number of nitrogens with zero attached hydrogens (tertiary/aromatic N) is 3. The van der Waals surface area contributed by atoms with Gasteiger partial charge >= 0.3 is 5.71 Å². The van der Waals surface area contributed by atoms with Gasteiger partial charge in [-0.2, -0.15) is 4.79 Å². The van der Waals surface area contributed by atoms with Gasteiger partial charge in [-0.25, -0.2) is 0 Å². The molecule has 1 atom stereocenters. The Morgan fingerprint density at radius 3 is 2.58 bits per heavy atom. The summed E-state index contributed by atoms with van der Waals surface area (Å²) in [6.45, 7) is 0. The zero-order valence-corrected chi connectivity index (χ0v) is 12.2. The van der Waals surface area contributed by atoms with Gasteiger partial charge in [-0.3, -0.25) is 0 Å². The first-order valence-electron chi connectivity index (χ1n) is 6.74. The van der Waals surface area contributed by atoms with Gasteiger partial charge in [-0.15, -0.1) is 11.6 Å². The standard InChI is InChI=1S/C14H20ClN3O/c1-18(10-6-4-3-5-7-10)12-9-8-11(17-16)13(15)14(12)19-2/h8-10,13H,3-7H2,1-2H3. The van der Waals surface area contributed by atoms with Crippen LogP contribution >= 0.6 is 11.6 Å². The lowest BCUT2D eigenvalue weighted by molar-refractivity contribution is -0.00650. The van der Waals surface area contributed by atoms with Gasteiger partial charge in [0.15, 0.2) is 5.38 Å². The average Bonchev–Trinajstić information content (AvgIpc) is 2.47. The number of hydrogen-bond donors (Lipinski definition) is 0. The number of allylic oxidation sites excluding steroid dienone is 3. The van der Waals surface area contributed by atoms with E-state index in [2.05, 4.69) is 16.7 Å². The van der Waals surface area contributed by atoms with Crippen LogP contribution < -0.4 is 0 Å². The van der Waals surface area contributed by atoms with Crippen molar-refractivity contribution in [2.45, 2.75) is 43.5 Å². The van der Waals surface area contributed by atoms with Crippen LogP contribution in [-0.4, -0.2) is 41.0 Å². The van der Waals surface area contributed by atoms with E-state index in [9.17, 15) is 0 Å². The minimum absolute atomic E-state index is 0.416. The first-order valence-corrected chi connectivity index (χ1v) is 7.17. The van der Waals surface area contributed by atoms with E-state index in [4.69, 9.17) is 21.9 Å². The number of alkyl halides is 1. The van der Waals surface area contributed by atoms with Crippen molar-refractivity contribution in [1.82, 2.24) is 4.90 Å². The van der Waals surface area contributed by atoms with E-state index in [1.165, 1.54) is 32.1 Å². The normalized spacial score (nSPS) is 24.4. The predicted octanol–water partition coefficient (Wildman–Crippen LogP) is 2.96. The van der Waals surface area contributed by atoms with Crippen LogP contribution in [0, 0.1) is 0 Å². The van der Waals surface area contributed by atoms with Crippen LogP contribution in [0.5, 0.6) is 0 Å². The molecule has 0 heterocycles. The Morgan fingerprint density at radius 1 is 1.32 bits per heavy atom. The highest BCUT2D eigenvalue weighted by Gasteiger charge is 2.33. The monoisotopic (exact) mass is 281 g/mol. The molecule has 4 nitrogen and oxygen atoms in total. The fourth-order valence-corrected chi connectivity index (χ4v) is 3.16. The van der Waals surface area contributed by atoms with E-state index in [0.717, 1.165) is 5.70 Å². The first kappa shape index (κ1) is 14.2. The van der Waals surface area contributed by atoms with Crippen LogP contribution in [-0.2, 0) is 4.74 Å². The van der Waals surface area contributed by atoms with Gasteiger partial charge in [0, 0.05) is 19.2 Å². The molecule has 0 aliphatic heterocycles. The van der Waals surface area contributed by atoms with Gasteiger partial charge < -0.3 is 15.2 Å². The highest BCUT2D eigenvalue weighted by atomic mass is 35.5. The molecule has 5 heteroatoms. The molecule has 0 N–H and O–H groups in total. The fraction of sp³-hybridized carbons (Fsp3) is 0.643. The van der Waals surface area contributed by atoms with Gasteiger partial charge in [-0.05, 0) is 18.9 Å². The van der Waals surface area contributed by atoms with E-state index in [1.54, 1.807) is 13.2 Å². The lowest BCUT2D eigenvalue weighted by Gasteiger charge is -2.35. The van der Waals surface area contributed by atoms with Crippen LogP contribution in [0.3, 0.4) is 0 Å². The van der Waals surface area contributed by atoms with Crippen molar-refractivity contribution < 1.29 is 9.53 Å². The third-order valence-electron chi connectivity index (χ3n) is 3.99. The molecule has 104 valence electrons. The van der Waals surface area contributed by atoms with Gasteiger partial charge in [0.25, 0.3) is 0 Å². The van der Waals surface area contributed by atoms with Gasteiger partial charge in [0.1, 0.15) is 5.76 Å². The highest BCUT2D eigenvalue weighted by Crippen LogP contribution is 2.30. The molecule has 2 aliphatic rings. The fourth-order valence-electron chi connectivity index (χ4n) is 2.84. The van der Waals surface area contributed by atoms with Crippen molar-refractivity contribution in [3.05, 3.63) is 29.1 Å². The Morgan fingerprint density at radius 2 is 2.00 bits per heavy atom. The summed E-state index contributed by atoms with van der Waals surface area (Å²) in [6, 6.07) is 0.537. The zero-order valence-electron chi connectivity index (χ0n) is 11.5. The molecule has 1 unspecified atom stereocenters. The minimum Gasteiger partial charge on any atom is -0.497 e. The van der Waals surface area contributed by atoms with E-state index in [0.29, 0.717) is 17.5 Å². The van der Waals surface area contributed by atoms with E-state index >= 15 is 0 Å². The molecular formula is C14H20ClN3O. The summed E-state index contributed by atoms with van der Waals surface area (Å²) in [7, 11) is 3.69. The number of halogens is 1. The second kappa shape index (κ2) is 6.27. The zero-order chi connectivity index (χ0) is 13.8. The molecule has 1 saturated carbocycles. The van der Waals surface area contributed by atoms with Crippen molar-refractivity contribution >= 4 is 17.3 Å². The van der Waals surface area contributed by atoms with Crippen molar-refractivity contribution in [1.29, 1.82) is 0 Å². The largest absolute Gasteiger partial charge is 0.497 e. The summed E-state index contributed by atoms with van der Waals surface area (Å²) < 4.78 is 5.42. The summed E-state index contributed by atoms with van der Waals surface area (Å²) in [4.78, 5) is 5.45. The second-order valence-corrected chi connectivity index (χ2v) is 5.51. The summed E-state index contributed by atoms with van der Waals surface area (Å²) in [5.74, 6) is 0.657. The number of hydrogen-bond acceptors (Lipinski definition) is 2. The third-order valence-corrected chi connectivity index (χ3v) is 4.41. The van der Waals surface area contributed by atoms with Crippen molar-refractivity contribution in [3.63, 3.8) is 0 Å². The maximum absolute atomic E-state index is 8.91. The Labute approximate surface area is 119 Å². The number of ether oxygens (including phenoxy) is 1. The number of rotatable bonds is 3. The first-order chi connectivity index (χ1) is 9.19. The van der Waals surface area contributed by atoms with E-state index in [1.807, 2.05) is 6.08 Å². The maximum Gasteiger partial charge on any atom is 0.317 e. The number of likely N-dealkylation sites (N-methyl/N-ethyl adjacent to an activating group) is 1. The van der Waals surface area contributed by atoms with Crippen LogP contribution in [0.15, 0.2) is 23.6 Å². The van der Waals surface area contributed by atoms with E-state index < -0.39 is 5.38 Å². The lowest BCUT2D eigenvalue weighted by Crippen LogP contribution is -2.36. The van der Waals surface area contributed by atoms with Gasteiger partial charge in [0.05, 0.1) is 12.8 Å². The SMILES string of the molecule is COC1=C(N(C)C2CCCCC2)C=CC(=[N+]=[N-])C1Cl. The summed E-state index contributed by atoms with van der Waals surface area (Å²) in [5.41, 5.74) is 10.3. The molecule has 0 spiro atoms. The molecule has 0 aromatic carbocycles. The van der Waals surface area contributed by atoms with Crippen LogP contribution in [0.25, 0.3) is 5.53 Å². The molecule has 0 aromatic rings. The van der Waals surface area contributed by atoms with Gasteiger partial charge in [0.2, 0.25) is 0 Å². The van der Waals surface area contributed by atoms with Crippen LogP contribution in [0.1, 0.15) is 32.1 Å². The third kappa shape index (κ3) is 2.85. The lowest BCUT2D eigenvalue weighted by atomic mass is 9.93. The van der Waals surface area contributed by atoms with Crippen molar-refractivity contribution in [3.8, 4) is 0 Å². The Kier molecular flexibility index (Phi) is 4.67. The van der Waals surface area contributed by atoms with Crippen molar-refractivity contribution in [2.75, 3.05) is 14.2 Å². The smallest absolute Gasteiger partial charge is 0.317 e. The summed E-state index contributed by atoms with van der Waals surface area (Å²) in [5, 5.41) is -0.527. The van der Waals surface area contributed by atoms with Gasteiger partial charge in [-0.1, -0.05) is 19.3 Å². The molecule has 0 aromatic heterocycles. The topological polar surface area (TPSA) is 48.9 Å². The summed E-state index contributed by atoms with van der Waals surface area (Å²) >= 11 is 6.28. The molecule has 2 rings (SSSR count). The van der Waals surface area contributed by atoms with Crippen LogP contribution in [0.2, 0.25) is 0 Å². The molecule has 0 radical (unpaired) electrons. The van der Waals surface area contributed by atoms with Crippen LogP contribution in [0.4, 0.5) is 0 Å². The molecule has 0 bridgehead atoms. The second-order valence-electron chi connectivity index (χ2n) is 5.08. The molecule has 2 aliphatic carbocycles. The minimum atomic E-state index is -0.527. The quantitative estimate of drug-likeness (QED) is 0.454. The predicted molar refractivity (Wildman–Crippen MR) is 76.1 cm³/mol. The molecule has 1 fully saturated rings. The molecule has 0 amide bonds. The Balaban J connectivity index is 2.25. The van der Waals surface area contributed by atoms with E-state index in [-0.39, 0.29) is 0 Å². The maximum atomic E-state index is 8.91. The Bertz CT molecular complexity index is 446. The molecule has 0 saturated heterocycles. The Hall–Kier alpha value is -1.25. The van der Waals surface area contributed by atoms with Crippen molar-refractivity contribution in [2.24, 2.45) is 0 Å². The molecular weight excluding hydrogens is 262 g/mol. The average molecular weight is 282 g/mol.